The predicted octanol–water partition coefficient (Wildman–Crippen LogP) is 3.70. The molecule has 182 valence electrons. The second-order valence-electron chi connectivity index (χ2n) is 8.23. The van der Waals surface area contributed by atoms with Gasteiger partial charge >= 0.3 is 0 Å². The van der Waals surface area contributed by atoms with Crippen molar-refractivity contribution >= 4 is 39.1 Å². The molecule has 1 aliphatic heterocycles. The molecule has 2 aromatic carbocycles. The summed E-state index contributed by atoms with van der Waals surface area (Å²) in [4.78, 5) is 30.0. The summed E-state index contributed by atoms with van der Waals surface area (Å²) < 4.78 is 27.4. The SMILES string of the molecule is O=C(NCc1cccnc1)c1ccccc1NC(=O)C1CCCN(S(=O)(=O)c2ccc(Cl)cc2)C1. The Bertz CT molecular complexity index is 1300. The molecule has 1 saturated heterocycles. The Morgan fingerprint density at radius 2 is 1.83 bits per heavy atom. The third kappa shape index (κ3) is 6.05. The van der Waals surface area contributed by atoms with Crippen LogP contribution in [-0.2, 0) is 21.4 Å². The van der Waals surface area contributed by atoms with E-state index >= 15 is 0 Å². The van der Waals surface area contributed by atoms with E-state index in [0.29, 0.717) is 42.2 Å². The standard InChI is InChI=1S/C25H25ClN4O4S/c26-20-9-11-21(12-10-20)35(33,34)30-14-4-6-19(17-30)24(31)29-23-8-2-1-7-22(23)25(32)28-16-18-5-3-13-27-15-18/h1-3,5,7-13,15,19H,4,6,14,16-17H2,(H,28,32)(H,29,31). The number of sulfonamides is 1. The second-order valence-corrected chi connectivity index (χ2v) is 10.6. The molecule has 1 aromatic heterocycles. The van der Waals surface area contributed by atoms with Gasteiger partial charge in [-0.15, -0.1) is 0 Å². The number of pyridine rings is 1. The maximum absolute atomic E-state index is 13.1. The summed E-state index contributed by atoms with van der Waals surface area (Å²) in [6.07, 6.45) is 4.43. The van der Waals surface area contributed by atoms with Crippen molar-refractivity contribution in [2.45, 2.75) is 24.3 Å². The summed E-state index contributed by atoms with van der Waals surface area (Å²) in [5.74, 6) is -1.20. The van der Waals surface area contributed by atoms with Gasteiger partial charge in [0.2, 0.25) is 15.9 Å². The first-order valence-electron chi connectivity index (χ1n) is 11.2. The number of nitrogens with one attached hydrogen (secondary N) is 2. The van der Waals surface area contributed by atoms with Crippen molar-refractivity contribution in [3.05, 3.63) is 89.2 Å². The van der Waals surface area contributed by atoms with E-state index in [1.807, 2.05) is 6.07 Å². The van der Waals surface area contributed by atoms with Crippen molar-refractivity contribution in [3.8, 4) is 0 Å². The van der Waals surface area contributed by atoms with Crippen molar-refractivity contribution < 1.29 is 18.0 Å². The van der Waals surface area contributed by atoms with Crippen molar-refractivity contribution in [2.24, 2.45) is 5.92 Å². The lowest BCUT2D eigenvalue weighted by atomic mass is 9.98. The second kappa shape index (κ2) is 11.0. The monoisotopic (exact) mass is 512 g/mol. The molecule has 3 aromatic rings. The van der Waals surface area contributed by atoms with Gasteiger partial charge in [-0.1, -0.05) is 29.8 Å². The summed E-state index contributed by atoms with van der Waals surface area (Å²) in [6.45, 7) is 0.698. The van der Waals surface area contributed by atoms with Crippen LogP contribution in [0.1, 0.15) is 28.8 Å². The van der Waals surface area contributed by atoms with Crippen molar-refractivity contribution in [1.29, 1.82) is 0 Å². The van der Waals surface area contributed by atoms with Crippen molar-refractivity contribution in [3.63, 3.8) is 0 Å². The topological polar surface area (TPSA) is 108 Å². The molecule has 35 heavy (non-hydrogen) atoms. The predicted molar refractivity (Wildman–Crippen MR) is 133 cm³/mol. The number of piperidine rings is 1. The number of amides is 2. The van der Waals surface area contributed by atoms with E-state index < -0.39 is 15.9 Å². The average Bonchev–Trinajstić information content (AvgIpc) is 2.88. The zero-order valence-corrected chi connectivity index (χ0v) is 20.4. The Hall–Kier alpha value is -3.27. The molecule has 0 radical (unpaired) electrons. The van der Waals surface area contributed by atoms with Crippen LogP contribution in [0.5, 0.6) is 0 Å². The highest BCUT2D eigenvalue weighted by Crippen LogP contribution is 2.26. The van der Waals surface area contributed by atoms with Gasteiger partial charge in [-0.2, -0.15) is 4.31 Å². The summed E-state index contributed by atoms with van der Waals surface area (Å²) in [5.41, 5.74) is 1.55. The minimum absolute atomic E-state index is 0.0617. The zero-order valence-electron chi connectivity index (χ0n) is 18.9. The minimum atomic E-state index is -3.75. The molecule has 2 N–H and O–H groups in total. The fourth-order valence-corrected chi connectivity index (χ4v) is 5.59. The number of halogens is 1. The minimum Gasteiger partial charge on any atom is -0.348 e. The number of aromatic nitrogens is 1. The highest BCUT2D eigenvalue weighted by atomic mass is 35.5. The number of hydrogen-bond acceptors (Lipinski definition) is 5. The third-order valence-electron chi connectivity index (χ3n) is 5.81. The average molecular weight is 513 g/mol. The molecule has 2 heterocycles. The van der Waals surface area contributed by atoms with Gasteiger partial charge in [-0.05, 0) is 60.9 Å². The molecule has 1 unspecified atom stereocenters. The quantitative estimate of drug-likeness (QED) is 0.501. The summed E-state index contributed by atoms with van der Waals surface area (Å²) in [7, 11) is -3.75. The molecule has 8 nitrogen and oxygen atoms in total. The lowest BCUT2D eigenvalue weighted by Gasteiger charge is -2.31. The van der Waals surface area contributed by atoms with Crippen LogP contribution in [0.3, 0.4) is 0 Å². The molecule has 0 bridgehead atoms. The van der Waals surface area contributed by atoms with E-state index in [0.717, 1.165) is 5.56 Å². The van der Waals surface area contributed by atoms with Gasteiger partial charge in [0.15, 0.2) is 0 Å². The van der Waals surface area contributed by atoms with Crippen LogP contribution >= 0.6 is 11.6 Å². The Morgan fingerprint density at radius 1 is 1.06 bits per heavy atom. The molecule has 0 spiro atoms. The number of carbonyl (C=O) groups excluding carboxylic acids is 2. The number of para-hydroxylation sites is 1. The van der Waals surface area contributed by atoms with Gasteiger partial charge in [0.25, 0.3) is 5.91 Å². The highest BCUT2D eigenvalue weighted by Gasteiger charge is 2.33. The van der Waals surface area contributed by atoms with E-state index in [4.69, 9.17) is 11.6 Å². The fraction of sp³-hybridized carbons (Fsp3) is 0.240. The number of rotatable bonds is 7. The first kappa shape index (κ1) is 24.8. The van der Waals surface area contributed by atoms with Crippen LogP contribution in [0.2, 0.25) is 5.02 Å². The molecule has 0 aliphatic carbocycles. The van der Waals surface area contributed by atoms with E-state index in [1.165, 1.54) is 28.6 Å². The van der Waals surface area contributed by atoms with Crippen LogP contribution in [-0.4, -0.2) is 42.6 Å². The summed E-state index contributed by atoms with van der Waals surface area (Å²) in [5, 5.41) is 6.11. The molecule has 1 atom stereocenters. The van der Waals surface area contributed by atoms with Crippen molar-refractivity contribution in [2.75, 3.05) is 18.4 Å². The van der Waals surface area contributed by atoms with E-state index in [-0.39, 0.29) is 23.3 Å². The largest absolute Gasteiger partial charge is 0.348 e. The van der Waals surface area contributed by atoms with E-state index in [2.05, 4.69) is 15.6 Å². The number of benzene rings is 2. The third-order valence-corrected chi connectivity index (χ3v) is 7.94. The summed E-state index contributed by atoms with van der Waals surface area (Å²) >= 11 is 5.88. The van der Waals surface area contributed by atoms with Gasteiger partial charge in [-0.3, -0.25) is 14.6 Å². The van der Waals surface area contributed by atoms with Gasteiger partial charge in [0.05, 0.1) is 22.1 Å². The van der Waals surface area contributed by atoms with Crippen LogP contribution in [0, 0.1) is 5.92 Å². The van der Waals surface area contributed by atoms with Crippen LogP contribution in [0.15, 0.2) is 78.0 Å². The smallest absolute Gasteiger partial charge is 0.253 e. The molecule has 0 saturated carbocycles. The van der Waals surface area contributed by atoms with Gasteiger partial charge in [0.1, 0.15) is 0 Å². The molecular formula is C25H25ClN4O4S. The first-order valence-corrected chi connectivity index (χ1v) is 13.0. The van der Waals surface area contributed by atoms with Crippen LogP contribution in [0.25, 0.3) is 0 Å². The van der Waals surface area contributed by atoms with E-state index in [9.17, 15) is 18.0 Å². The van der Waals surface area contributed by atoms with E-state index in [1.54, 1.807) is 42.7 Å². The number of hydrogen-bond donors (Lipinski definition) is 2. The van der Waals surface area contributed by atoms with Gasteiger partial charge < -0.3 is 10.6 Å². The lowest BCUT2D eigenvalue weighted by Crippen LogP contribution is -2.43. The Kier molecular flexibility index (Phi) is 7.80. The molecule has 2 amide bonds. The molecule has 10 heteroatoms. The first-order chi connectivity index (χ1) is 16.8. The normalized spacial score (nSPS) is 16.4. The Labute approximate surface area is 209 Å². The van der Waals surface area contributed by atoms with Crippen LogP contribution in [0.4, 0.5) is 5.69 Å². The molecule has 4 rings (SSSR count). The summed E-state index contributed by atoms with van der Waals surface area (Å²) in [6, 6.07) is 16.3. The van der Waals surface area contributed by atoms with Gasteiger partial charge in [0, 0.05) is 37.1 Å². The fourth-order valence-electron chi connectivity index (χ4n) is 3.94. The molecular weight excluding hydrogens is 488 g/mol. The maximum Gasteiger partial charge on any atom is 0.253 e. The lowest BCUT2D eigenvalue weighted by molar-refractivity contribution is -0.120. The molecule has 1 fully saturated rings. The highest BCUT2D eigenvalue weighted by molar-refractivity contribution is 7.89. The Balaban J connectivity index is 1.43. The molecule has 1 aliphatic rings. The Morgan fingerprint density at radius 3 is 2.57 bits per heavy atom. The maximum atomic E-state index is 13.1. The van der Waals surface area contributed by atoms with Crippen LogP contribution < -0.4 is 10.6 Å². The van der Waals surface area contributed by atoms with Gasteiger partial charge in [-0.25, -0.2) is 8.42 Å². The number of anilines is 1. The number of carbonyl (C=O) groups is 2. The number of nitrogens with zero attached hydrogens (tertiary/aromatic N) is 2. The van der Waals surface area contributed by atoms with Crippen molar-refractivity contribution in [1.82, 2.24) is 14.6 Å². The zero-order chi connectivity index (χ0) is 24.8.